The molecule has 0 amide bonds. The van der Waals surface area contributed by atoms with Crippen LogP contribution in [0.5, 0.6) is 5.75 Å². The van der Waals surface area contributed by atoms with Crippen molar-refractivity contribution in [3.63, 3.8) is 0 Å². The standard InChI is InChI=1S/C25H32N8O2/c26-13-18(14-27)20-17-33-22(21-2-1-3-24(31-21)30-19-4-5-28-15-19)16-29-25(33)12-23(20)35-11-8-32-6-9-34-10-7-32/h1-3,12-14,16-17,19,26,28H,4-11,15,27H2,(H,30,31)/b18-14+,26-13?. The highest BCUT2D eigenvalue weighted by molar-refractivity contribution is 6.09. The highest BCUT2D eigenvalue weighted by Gasteiger charge is 2.17. The molecule has 35 heavy (non-hydrogen) atoms. The van der Waals surface area contributed by atoms with Crippen LogP contribution < -0.4 is 21.1 Å². The molecule has 0 radical (unpaired) electrons. The molecule has 0 saturated carbocycles. The predicted octanol–water partition coefficient (Wildman–Crippen LogP) is 1.83. The summed E-state index contributed by atoms with van der Waals surface area (Å²) < 4.78 is 13.6. The molecule has 5 rings (SSSR count). The summed E-state index contributed by atoms with van der Waals surface area (Å²) in [6.07, 6.45) is 7.49. The van der Waals surface area contributed by atoms with E-state index >= 15 is 0 Å². The molecule has 3 aromatic heterocycles. The topological polar surface area (TPSA) is 126 Å². The van der Waals surface area contributed by atoms with E-state index in [9.17, 15) is 0 Å². The number of nitrogens with zero attached hydrogens (tertiary/aromatic N) is 4. The van der Waals surface area contributed by atoms with Crippen LogP contribution in [0.3, 0.4) is 0 Å². The molecular formula is C25H32N8O2. The summed E-state index contributed by atoms with van der Waals surface area (Å²) in [4.78, 5) is 11.8. The molecule has 3 aromatic rings. The van der Waals surface area contributed by atoms with Crippen LogP contribution in [0, 0.1) is 5.41 Å². The molecule has 2 saturated heterocycles. The maximum Gasteiger partial charge on any atom is 0.140 e. The Hall–Kier alpha value is -3.47. The second-order valence-electron chi connectivity index (χ2n) is 8.73. The van der Waals surface area contributed by atoms with Crippen LogP contribution in [0.2, 0.25) is 0 Å². The maximum atomic E-state index is 7.85. The van der Waals surface area contributed by atoms with E-state index in [1.54, 1.807) is 0 Å². The summed E-state index contributed by atoms with van der Waals surface area (Å²) in [6.45, 7) is 6.62. The number of hydrogen-bond acceptors (Lipinski definition) is 9. The Labute approximate surface area is 204 Å². The monoisotopic (exact) mass is 476 g/mol. The molecule has 2 fully saturated rings. The fourth-order valence-corrected chi connectivity index (χ4v) is 4.50. The number of aromatic nitrogens is 3. The minimum absolute atomic E-state index is 0.383. The maximum absolute atomic E-state index is 7.85. The molecule has 0 spiro atoms. The van der Waals surface area contributed by atoms with E-state index in [2.05, 4.69) is 20.5 Å². The number of imidazole rings is 1. The number of ether oxygens (including phenoxy) is 2. The van der Waals surface area contributed by atoms with Crippen molar-refractivity contribution >= 4 is 23.3 Å². The third-order valence-corrected chi connectivity index (χ3v) is 6.45. The lowest BCUT2D eigenvalue weighted by molar-refractivity contribution is 0.0322. The lowest BCUT2D eigenvalue weighted by Crippen LogP contribution is -2.38. The summed E-state index contributed by atoms with van der Waals surface area (Å²) in [7, 11) is 0. The van der Waals surface area contributed by atoms with Gasteiger partial charge in [0.2, 0.25) is 0 Å². The molecule has 1 atom stereocenters. The van der Waals surface area contributed by atoms with E-state index in [4.69, 9.17) is 25.6 Å². The first-order valence-corrected chi connectivity index (χ1v) is 12.1. The molecule has 0 aliphatic carbocycles. The Morgan fingerprint density at radius 2 is 2.23 bits per heavy atom. The van der Waals surface area contributed by atoms with Crippen LogP contribution in [0.25, 0.3) is 22.6 Å². The summed E-state index contributed by atoms with van der Waals surface area (Å²) in [5.74, 6) is 1.50. The first kappa shape index (κ1) is 23.3. The van der Waals surface area contributed by atoms with Gasteiger partial charge in [-0.05, 0) is 25.1 Å². The third-order valence-electron chi connectivity index (χ3n) is 6.45. The minimum Gasteiger partial charge on any atom is -0.491 e. The Balaban J connectivity index is 1.42. The molecule has 184 valence electrons. The van der Waals surface area contributed by atoms with Gasteiger partial charge >= 0.3 is 0 Å². The van der Waals surface area contributed by atoms with Crippen LogP contribution in [0.4, 0.5) is 5.82 Å². The Bertz CT molecular complexity index is 1200. The summed E-state index contributed by atoms with van der Waals surface area (Å²) >= 11 is 0. The van der Waals surface area contributed by atoms with Gasteiger partial charge in [0, 0.05) is 68.0 Å². The molecule has 0 bridgehead atoms. The SMILES string of the molecule is N=C/C(=C\N)c1cn2c(-c3cccc(NC4CCNC4)n3)cnc2cc1OCCN1CCOCC1. The normalized spacial score (nSPS) is 19.2. The van der Waals surface area contributed by atoms with Gasteiger partial charge in [-0.2, -0.15) is 0 Å². The highest BCUT2D eigenvalue weighted by Crippen LogP contribution is 2.30. The van der Waals surface area contributed by atoms with E-state index in [0.717, 1.165) is 80.8 Å². The Kier molecular flexibility index (Phi) is 7.22. The number of pyridine rings is 2. The van der Waals surface area contributed by atoms with Gasteiger partial charge in [-0.15, -0.1) is 0 Å². The zero-order valence-corrected chi connectivity index (χ0v) is 19.7. The summed E-state index contributed by atoms with van der Waals surface area (Å²) in [5.41, 5.74) is 9.58. The highest BCUT2D eigenvalue weighted by atomic mass is 16.5. The molecular weight excluding hydrogens is 444 g/mol. The fraction of sp³-hybridized carbons (Fsp3) is 0.400. The second kappa shape index (κ2) is 10.9. The Morgan fingerprint density at radius 1 is 1.34 bits per heavy atom. The van der Waals surface area contributed by atoms with Crippen LogP contribution in [0.15, 0.2) is 42.9 Å². The molecule has 10 nitrogen and oxygen atoms in total. The first-order valence-electron chi connectivity index (χ1n) is 12.1. The third kappa shape index (κ3) is 5.29. The Morgan fingerprint density at radius 3 is 3.00 bits per heavy atom. The predicted molar refractivity (Wildman–Crippen MR) is 137 cm³/mol. The lowest BCUT2D eigenvalue weighted by atomic mass is 10.1. The quantitative estimate of drug-likeness (QED) is 0.345. The number of morpholine rings is 1. The first-order chi connectivity index (χ1) is 17.2. The van der Waals surface area contributed by atoms with Crippen LogP contribution >= 0.6 is 0 Å². The van der Waals surface area contributed by atoms with Crippen molar-refractivity contribution in [2.75, 3.05) is 57.9 Å². The van der Waals surface area contributed by atoms with Crippen molar-refractivity contribution in [1.29, 1.82) is 5.41 Å². The van der Waals surface area contributed by atoms with Crippen LogP contribution in [0.1, 0.15) is 12.0 Å². The number of fused-ring (bicyclic) bond motifs is 1. The zero-order valence-electron chi connectivity index (χ0n) is 19.7. The number of allylic oxidation sites excluding steroid dienone is 1. The van der Waals surface area contributed by atoms with Gasteiger partial charge in [-0.1, -0.05) is 6.07 Å². The molecule has 2 aliphatic rings. The second-order valence-corrected chi connectivity index (χ2v) is 8.73. The molecule has 1 unspecified atom stereocenters. The zero-order chi connectivity index (χ0) is 24.0. The van der Waals surface area contributed by atoms with Gasteiger partial charge < -0.3 is 31.3 Å². The van der Waals surface area contributed by atoms with Crippen LogP contribution in [-0.2, 0) is 4.74 Å². The van der Waals surface area contributed by atoms with Crippen molar-refractivity contribution in [1.82, 2.24) is 24.6 Å². The van der Waals surface area contributed by atoms with Gasteiger partial charge in [-0.25, -0.2) is 9.97 Å². The van der Waals surface area contributed by atoms with E-state index in [1.807, 2.05) is 41.1 Å². The number of nitrogens with two attached hydrogens (primary N) is 1. The van der Waals surface area contributed by atoms with Gasteiger partial charge in [-0.3, -0.25) is 9.30 Å². The molecule has 10 heteroatoms. The van der Waals surface area contributed by atoms with Gasteiger partial charge in [0.1, 0.15) is 23.8 Å². The summed E-state index contributed by atoms with van der Waals surface area (Å²) in [6, 6.07) is 8.25. The van der Waals surface area contributed by atoms with Gasteiger partial charge in [0.05, 0.1) is 30.8 Å². The average Bonchev–Trinajstić information content (AvgIpc) is 3.55. The molecule has 0 aromatic carbocycles. The molecule has 5 N–H and O–H groups in total. The number of rotatable bonds is 9. The van der Waals surface area contributed by atoms with Crippen molar-refractivity contribution in [3.05, 3.63) is 48.4 Å². The minimum atomic E-state index is 0.383. The van der Waals surface area contributed by atoms with E-state index in [1.165, 1.54) is 12.4 Å². The van der Waals surface area contributed by atoms with E-state index in [0.29, 0.717) is 24.0 Å². The van der Waals surface area contributed by atoms with E-state index in [-0.39, 0.29) is 0 Å². The van der Waals surface area contributed by atoms with Crippen molar-refractivity contribution in [2.45, 2.75) is 12.5 Å². The average molecular weight is 477 g/mol. The lowest BCUT2D eigenvalue weighted by Gasteiger charge is -2.26. The number of nitrogens with one attached hydrogen (secondary N) is 3. The number of hydrogen-bond donors (Lipinski definition) is 4. The van der Waals surface area contributed by atoms with Gasteiger partial charge in [0.15, 0.2) is 0 Å². The van der Waals surface area contributed by atoms with Crippen LogP contribution in [-0.4, -0.2) is 84.1 Å². The molecule has 5 heterocycles. The van der Waals surface area contributed by atoms with Gasteiger partial charge in [0.25, 0.3) is 0 Å². The van der Waals surface area contributed by atoms with Crippen molar-refractivity contribution in [2.24, 2.45) is 5.73 Å². The number of anilines is 1. The summed E-state index contributed by atoms with van der Waals surface area (Å²) in [5, 5.41) is 14.7. The van der Waals surface area contributed by atoms with E-state index < -0.39 is 0 Å². The largest absolute Gasteiger partial charge is 0.491 e. The van der Waals surface area contributed by atoms with Crippen molar-refractivity contribution in [3.8, 4) is 17.1 Å². The van der Waals surface area contributed by atoms with Crippen molar-refractivity contribution < 1.29 is 9.47 Å². The smallest absolute Gasteiger partial charge is 0.140 e. The fourth-order valence-electron chi connectivity index (χ4n) is 4.50. The molecule has 2 aliphatic heterocycles.